The summed E-state index contributed by atoms with van der Waals surface area (Å²) in [6.45, 7) is 3.34. The predicted molar refractivity (Wildman–Crippen MR) is 85.6 cm³/mol. The second-order valence-corrected chi connectivity index (χ2v) is 4.97. The Balaban J connectivity index is 0.000000413. The Kier molecular flexibility index (Phi) is 9.25. The standard InChI is InChI=1S/C14H21NO3.C2H2O4/c1-16-12-4-6-13(7-5-12)18-10-8-15-11-14-3-2-9-17-14;3-1(4)2(5)6/h4-7,14-15H,2-3,8-11H2,1H3;(H,3,4)(H,5,6). The molecule has 0 aliphatic carbocycles. The lowest BCUT2D eigenvalue weighted by atomic mass is 10.2. The number of methoxy groups -OCH3 is 1. The summed E-state index contributed by atoms with van der Waals surface area (Å²) in [6, 6.07) is 7.63. The van der Waals surface area contributed by atoms with Gasteiger partial charge >= 0.3 is 11.9 Å². The zero-order valence-electron chi connectivity index (χ0n) is 13.6. The molecule has 3 N–H and O–H groups in total. The Morgan fingerprint density at radius 3 is 2.33 bits per heavy atom. The molecule has 1 aliphatic rings. The SMILES string of the molecule is COc1ccc(OCCNCC2CCCO2)cc1.O=C(O)C(=O)O. The summed E-state index contributed by atoms with van der Waals surface area (Å²) in [5.41, 5.74) is 0. The van der Waals surface area contributed by atoms with Crippen LogP contribution in [0.4, 0.5) is 0 Å². The third kappa shape index (κ3) is 8.35. The molecule has 1 aromatic carbocycles. The highest BCUT2D eigenvalue weighted by atomic mass is 16.5. The topological polar surface area (TPSA) is 114 Å². The van der Waals surface area contributed by atoms with E-state index in [9.17, 15) is 0 Å². The molecule has 0 amide bonds. The molecular weight excluding hydrogens is 318 g/mol. The zero-order chi connectivity index (χ0) is 17.8. The average molecular weight is 341 g/mol. The molecule has 24 heavy (non-hydrogen) atoms. The molecular formula is C16H23NO7. The molecule has 1 saturated heterocycles. The second kappa shape index (κ2) is 11.3. The number of benzene rings is 1. The fraction of sp³-hybridized carbons (Fsp3) is 0.500. The van der Waals surface area contributed by atoms with Crippen LogP contribution in [0, 0.1) is 0 Å². The normalized spacial score (nSPS) is 16.0. The highest BCUT2D eigenvalue weighted by Gasteiger charge is 2.14. The third-order valence-corrected chi connectivity index (χ3v) is 3.19. The minimum Gasteiger partial charge on any atom is -0.497 e. The van der Waals surface area contributed by atoms with Crippen LogP contribution in [-0.4, -0.2) is 61.7 Å². The number of carboxylic acid groups (broad SMARTS) is 2. The molecule has 1 atom stereocenters. The molecule has 8 heteroatoms. The van der Waals surface area contributed by atoms with Crippen molar-refractivity contribution in [2.45, 2.75) is 18.9 Å². The molecule has 2 rings (SSSR count). The lowest BCUT2D eigenvalue weighted by Crippen LogP contribution is -2.29. The summed E-state index contributed by atoms with van der Waals surface area (Å²) in [5, 5.41) is 18.1. The van der Waals surface area contributed by atoms with E-state index in [0.717, 1.165) is 31.2 Å². The maximum atomic E-state index is 9.10. The minimum atomic E-state index is -1.82. The van der Waals surface area contributed by atoms with Gasteiger partial charge in [0, 0.05) is 19.7 Å². The van der Waals surface area contributed by atoms with Gasteiger partial charge in [-0.3, -0.25) is 0 Å². The Hall–Kier alpha value is -2.32. The first-order valence-electron chi connectivity index (χ1n) is 7.58. The monoisotopic (exact) mass is 341 g/mol. The van der Waals surface area contributed by atoms with Crippen LogP contribution in [0.15, 0.2) is 24.3 Å². The zero-order valence-corrected chi connectivity index (χ0v) is 13.6. The fourth-order valence-electron chi connectivity index (χ4n) is 1.98. The van der Waals surface area contributed by atoms with Crippen molar-refractivity contribution < 1.29 is 34.0 Å². The van der Waals surface area contributed by atoms with Crippen molar-refractivity contribution in [2.24, 2.45) is 0 Å². The van der Waals surface area contributed by atoms with E-state index in [1.165, 1.54) is 12.8 Å². The summed E-state index contributed by atoms with van der Waals surface area (Å²) in [7, 11) is 1.66. The van der Waals surface area contributed by atoms with E-state index in [4.69, 9.17) is 34.0 Å². The summed E-state index contributed by atoms with van der Waals surface area (Å²) in [6.07, 6.45) is 2.76. The number of aliphatic carboxylic acids is 2. The number of rotatable bonds is 7. The first-order chi connectivity index (χ1) is 11.5. The molecule has 1 heterocycles. The van der Waals surface area contributed by atoms with Crippen molar-refractivity contribution in [2.75, 3.05) is 33.4 Å². The molecule has 1 fully saturated rings. The molecule has 134 valence electrons. The van der Waals surface area contributed by atoms with Crippen molar-refractivity contribution in [3.8, 4) is 11.5 Å². The van der Waals surface area contributed by atoms with Crippen LogP contribution >= 0.6 is 0 Å². The van der Waals surface area contributed by atoms with Gasteiger partial charge in [0.2, 0.25) is 0 Å². The number of carbonyl (C=O) groups is 2. The Labute approximate surface area is 140 Å². The molecule has 0 spiro atoms. The molecule has 0 bridgehead atoms. The number of ether oxygens (including phenoxy) is 3. The van der Waals surface area contributed by atoms with Gasteiger partial charge in [0.1, 0.15) is 18.1 Å². The Bertz CT molecular complexity index is 486. The van der Waals surface area contributed by atoms with E-state index in [0.29, 0.717) is 12.7 Å². The van der Waals surface area contributed by atoms with Gasteiger partial charge in [-0.25, -0.2) is 9.59 Å². The predicted octanol–water partition coefficient (Wildman–Crippen LogP) is 0.998. The van der Waals surface area contributed by atoms with Gasteiger partial charge in [0.25, 0.3) is 0 Å². The van der Waals surface area contributed by atoms with Crippen LogP contribution in [0.25, 0.3) is 0 Å². The number of hydrogen-bond donors (Lipinski definition) is 3. The Morgan fingerprint density at radius 1 is 1.21 bits per heavy atom. The van der Waals surface area contributed by atoms with E-state index in [-0.39, 0.29) is 0 Å². The van der Waals surface area contributed by atoms with Gasteiger partial charge in [0.15, 0.2) is 0 Å². The molecule has 0 radical (unpaired) electrons. The van der Waals surface area contributed by atoms with Gasteiger partial charge in [-0.2, -0.15) is 0 Å². The quantitative estimate of drug-likeness (QED) is 0.497. The third-order valence-electron chi connectivity index (χ3n) is 3.19. The highest BCUT2D eigenvalue weighted by molar-refractivity contribution is 6.27. The maximum absolute atomic E-state index is 9.10. The van der Waals surface area contributed by atoms with Gasteiger partial charge in [-0.05, 0) is 37.1 Å². The maximum Gasteiger partial charge on any atom is 0.414 e. The lowest BCUT2D eigenvalue weighted by molar-refractivity contribution is -0.159. The van der Waals surface area contributed by atoms with E-state index in [1.807, 2.05) is 24.3 Å². The minimum absolute atomic E-state index is 0.394. The number of hydrogen-bond acceptors (Lipinski definition) is 6. The van der Waals surface area contributed by atoms with Crippen molar-refractivity contribution in [1.29, 1.82) is 0 Å². The van der Waals surface area contributed by atoms with Gasteiger partial charge in [-0.1, -0.05) is 0 Å². The van der Waals surface area contributed by atoms with Crippen LogP contribution in [0.2, 0.25) is 0 Å². The molecule has 0 aromatic heterocycles. The summed E-state index contributed by atoms with van der Waals surface area (Å²) < 4.78 is 16.2. The second-order valence-electron chi connectivity index (χ2n) is 4.97. The van der Waals surface area contributed by atoms with Gasteiger partial charge in [0.05, 0.1) is 13.2 Å². The molecule has 0 saturated carbocycles. The average Bonchev–Trinajstić information content (AvgIpc) is 3.09. The van der Waals surface area contributed by atoms with Crippen LogP contribution in [-0.2, 0) is 14.3 Å². The van der Waals surface area contributed by atoms with E-state index in [1.54, 1.807) is 7.11 Å². The molecule has 1 unspecified atom stereocenters. The summed E-state index contributed by atoms with van der Waals surface area (Å²) in [4.78, 5) is 18.2. The lowest BCUT2D eigenvalue weighted by Gasteiger charge is -2.11. The summed E-state index contributed by atoms with van der Waals surface area (Å²) >= 11 is 0. The van der Waals surface area contributed by atoms with Crippen molar-refractivity contribution >= 4 is 11.9 Å². The fourth-order valence-corrected chi connectivity index (χ4v) is 1.98. The van der Waals surface area contributed by atoms with E-state index in [2.05, 4.69) is 5.32 Å². The highest BCUT2D eigenvalue weighted by Crippen LogP contribution is 2.16. The molecule has 1 aliphatic heterocycles. The largest absolute Gasteiger partial charge is 0.497 e. The number of nitrogens with one attached hydrogen (secondary N) is 1. The van der Waals surface area contributed by atoms with Gasteiger partial charge in [-0.15, -0.1) is 0 Å². The Morgan fingerprint density at radius 2 is 1.83 bits per heavy atom. The first kappa shape index (κ1) is 19.7. The van der Waals surface area contributed by atoms with Crippen LogP contribution in [0.5, 0.6) is 11.5 Å². The van der Waals surface area contributed by atoms with Crippen LogP contribution in [0.3, 0.4) is 0 Å². The first-order valence-corrected chi connectivity index (χ1v) is 7.58. The van der Waals surface area contributed by atoms with Crippen molar-refractivity contribution in [3.05, 3.63) is 24.3 Å². The van der Waals surface area contributed by atoms with Gasteiger partial charge < -0.3 is 29.7 Å². The van der Waals surface area contributed by atoms with Crippen molar-refractivity contribution in [1.82, 2.24) is 5.32 Å². The molecule has 8 nitrogen and oxygen atoms in total. The number of carboxylic acids is 2. The van der Waals surface area contributed by atoms with Crippen LogP contribution in [0.1, 0.15) is 12.8 Å². The van der Waals surface area contributed by atoms with Crippen LogP contribution < -0.4 is 14.8 Å². The van der Waals surface area contributed by atoms with Crippen molar-refractivity contribution in [3.63, 3.8) is 0 Å². The molecule has 1 aromatic rings. The van der Waals surface area contributed by atoms with E-state index < -0.39 is 11.9 Å². The smallest absolute Gasteiger partial charge is 0.414 e. The summed E-state index contributed by atoms with van der Waals surface area (Å²) in [5.74, 6) is -1.93. The van der Waals surface area contributed by atoms with E-state index >= 15 is 0 Å².